The fraction of sp³-hybridized carbons (Fsp3) is 0.737. The van der Waals surface area contributed by atoms with Crippen LogP contribution in [0.1, 0.15) is 52.9 Å². The fourth-order valence-corrected chi connectivity index (χ4v) is 2.60. The van der Waals surface area contributed by atoms with Gasteiger partial charge in [-0.05, 0) is 45.1 Å². The summed E-state index contributed by atoms with van der Waals surface area (Å²) in [4.78, 5) is 59.2. The van der Waals surface area contributed by atoms with Crippen molar-refractivity contribution < 1.29 is 34.2 Å². The summed E-state index contributed by atoms with van der Waals surface area (Å²) >= 11 is 0. The summed E-state index contributed by atoms with van der Waals surface area (Å²) in [5.41, 5.74) is 11.2. The van der Waals surface area contributed by atoms with E-state index < -0.39 is 53.8 Å². The normalized spacial score (nSPS) is 14.8. The molecular formula is C19H35N5O7. The number of carboxylic acids is 2. The van der Waals surface area contributed by atoms with E-state index in [1.54, 1.807) is 13.8 Å². The van der Waals surface area contributed by atoms with Gasteiger partial charge in [0, 0.05) is 6.42 Å². The third-order valence-electron chi connectivity index (χ3n) is 4.56. The van der Waals surface area contributed by atoms with Crippen LogP contribution in [0.3, 0.4) is 0 Å². The minimum Gasteiger partial charge on any atom is -0.481 e. The molecule has 0 radical (unpaired) electrons. The highest BCUT2D eigenvalue weighted by atomic mass is 16.4. The topological polar surface area (TPSA) is 214 Å². The maximum atomic E-state index is 12.8. The van der Waals surface area contributed by atoms with Crippen molar-refractivity contribution in [3.63, 3.8) is 0 Å². The first-order valence-electron chi connectivity index (χ1n) is 10.2. The third kappa shape index (κ3) is 11.3. The van der Waals surface area contributed by atoms with Gasteiger partial charge in [0.05, 0.1) is 6.04 Å². The zero-order valence-electron chi connectivity index (χ0n) is 18.2. The number of carboxylic acid groups (broad SMARTS) is 2. The number of hydrogen-bond donors (Lipinski definition) is 7. The van der Waals surface area contributed by atoms with E-state index in [0.29, 0.717) is 19.4 Å². The zero-order chi connectivity index (χ0) is 24.1. The molecule has 4 unspecified atom stereocenters. The number of carbonyl (C=O) groups excluding carboxylic acids is 3. The number of rotatable bonds is 15. The molecule has 0 saturated heterocycles. The number of amides is 3. The summed E-state index contributed by atoms with van der Waals surface area (Å²) in [5, 5.41) is 25.1. The van der Waals surface area contributed by atoms with Gasteiger partial charge in [0.25, 0.3) is 0 Å². The van der Waals surface area contributed by atoms with Crippen molar-refractivity contribution in [3.05, 3.63) is 0 Å². The molecule has 0 aromatic heterocycles. The Bertz CT molecular complexity index is 641. The van der Waals surface area contributed by atoms with E-state index in [2.05, 4.69) is 16.0 Å². The Labute approximate surface area is 181 Å². The molecule has 12 heteroatoms. The molecule has 0 heterocycles. The molecule has 0 aromatic rings. The highest BCUT2D eigenvalue weighted by Crippen LogP contribution is 2.07. The predicted molar refractivity (Wildman–Crippen MR) is 112 cm³/mol. The van der Waals surface area contributed by atoms with E-state index in [1.807, 2.05) is 0 Å². The van der Waals surface area contributed by atoms with Crippen molar-refractivity contribution in [1.82, 2.24) is 16.0 Å². The third-order valence-corrected chi connectivity index (χ3v) is 4.56. The van der Waals surface area contributed by atoms with Crippen LogP contribution in [0.5, 0.6) is 0 Å². The van der Waals surface area contributed by atoms with Gasteiger partial charge in [-0.15, -0.1) is 0 Å². The highest BCUT2D eigenvalue weighted by Gasteiger charge is 2.30. The summed E-state index contributed by atoms with van der Waals surface area (Å²) in [6.07, 6.45) is 0.979. The second-order valence-corrected chi connectivity index (χ2v) is 7.68. The van der Waals surface area contributed by atoms with Crippen molar-refractivity contribution in [2.75, 3.05) is 6.54 Å². The molecule has 0 saturated carbocycles. The van der Waals surface area contributed by atoms with Crippen LogP contribution < -0.4 is 27.4 Å². The number of carbonyl (C=O) groups is 5. The lowest BCUT2D eigenvalue weighted by Gasteiger charge is -2.26. The van der Waals surface area contributed by atoms with Crippen LogP contribution in [0.4, 0.5) is 0 Å². The first kappa shape index (κ1) is 28.3. The van der Waals surface area contributed by atoms with Gasteiger partial charge in [-0.2, -0.15) is 0 Å². The van der Waals surface area contributed by atoms with Crippen molar-refractivity contribution >= 4 is 29.7 Å². The van der Waals surface area contributed by atoms with Gasteiger partial charge in [-0.1, -0.05) is 13.8 Å². The van der Waals surface area contributed by atoms with Crippen molar-refractivity contribution in [2.24, 2.45) is 17.4 Å². The second-order valence-electron chi connectivity index (χ2n) is 7.68. The maximum Gasteiger partial charge on any atom is 0.325 e. The zero-order valence-corrected chi connectivity index (χ0v) is 18.2. The molecule has 0 aliphatic heterocycles. The average molecular weight is 446 g/mol. The summed E-state index contributed by atoms with van der Waals surface area (Å²) < 4.78 is 0. The van der Waals surface area contributed by atoms with Crippen LogP contribution in [0.2, 0.25) is 0 Å². The maximum absolute atomic E-state index is 12.8. The molecule has 12 nitrogen and oxygen atoms in total. The second kappa shape index (κ2) is 14.3. The predicted octanol–water partition coefficient (Wildman–Crippen LogP) is -1.48. The number of unbranched alkanes of at least 4 members (excludes halogenated alkanes) is 1. The first-order valence-corrected chi connectivity index (χ1v) is 10.2. The molecule has 178 valence electrons. The van der Waals surface area contributed by atoms with Crippen LogP contribution in [0.15, 0.2) is 0 Å². The van der Waals surface area contributed by atoms with Gasteiger partial charge < -0.3 is 37.6 Å². The minimum atomic E-state index is -1.22. The Kier molecular flexibility index (Phi) is 13.0. The lowest BCUT2D eigenvalue weighted by atomic mass is 10.0. The van der Waals surface area contributed by atoms with Gasteiger partial charge in [-0.3, -0.25) is 24.0 Å². The van der Waals surface area contributed by atoms with E-state index in [4.69, 9.17) is 21.7 Å². The van der Waals surface area contributed by atoms with Gasteiger partial charge in [0.15, 0.2) is 0 Å². The average Bonchev–Trinajstić information content (AvgIpc) is 2.68. The van der Waals surface area contributed by atoms with Gasteiger partial charge >= 0.3 is 11.9 Å². The quantitative estimate of drug-likeness (QED) is 0.146. The molecule has 0 spiro atoms. The Hall–Kier alpha value is -2.73. The molecule has 9 N–H and O–H groups in total. The van der Waals surface area contributed by atoms with Crippen LogP contribution in [-0.2, 0) is 24.0 Å². The summed E-state index contributed by atoms with van der Waals surface area (Å²) in [6.45, 7) is 5.06. The van der Waals surface area contributed by atoms with E-state index in [1.165, 1.54) is 6.92 Å². The molecule has 0 bridgehead atoms. The van der Waals surface area contributed by atoms with Gasteiger partial charge in [-0.25, -0.2) is 0 Å². The van der Waals surface area contributed by atoms with Crippen molar-refractivity contribution in [3.8, 4) is 0 Å². The Balaban J connectivity index is 5.23. The lowest BCUT2D eigenvalue weighted by Crippen LogP contribution is -2.58. The van der Waals surface area contributed by atoms with E-state index in [9.17, 15) is 24.0 Å². The molecule has 0 aromatic carbocycles. The SMILES string of the molecule is CC(NC(=O)C(CCCCN)NC(=O)C(NC(=O)C(N)CCC(=O)O)C(C)C)C(=O)O. The molecule has 0 rings (SSSR count). The number of nitrogens with one attached hydrogen (secondary N) is 3. The van der Waals surface area contributed by atoms with Crippen LogP contribution in [-0.4, -0.2) is 70.6 Å². The van der Waals surface area contributed by atoms with Gasteiger partial charge in [0.1, 0.15) is 18.1 Å². The Morgan fingerprint density at radius 2 is 1.45 bits per heavy atom. The van der Waals surface area contributed by atoms with Crippen LogP contribution >= 0.6 is 0 Å². The molecule has 0 fully saturated rings. The van der Waals surface area contributed by atoms with E-state index in [-0.39, 0.29) is 25.2 Å². The fourth-order valence-electron chi connectivity index (χ4n) is 2.60. The molecule has 4 atom stereocenters. The number of hydrogen-bond acceptors (Lipinski definition) is 7. The molecule has 3 amide bonds. The van der Waals surface area contributed by atoms with Crippen LogP contribution in [0, 0.1) is 5.92 Å². The summed E-state index contributed by atoms with van der Waals surface area (Å²) in [7, 11) is 0. The van der Waals surface area contributed by atoms with Gasteiger partial charge in [0.2, 0.25) is 17.7 Å². The first-order chi connectivity index (χ1) is 14.4. The van der Waals surface area contributed by atoms with Crippen molar-refractivity contribution in [1.29, 1.82) is 0 Å². The monoisotopic (exact) mass is 445 g/mol. The summed E-state index contributed by atoms with van der Waals surface area (Å²) in [6, 6.07) is -4.29. The molecule has 0 aliphatic rings. The standard InChI is InChI=1S/C19H35N5O7/c1-10(2)15(24-16(27)12(21)7-8-14(25)26)18(29)23-13(6-4-5-9-20)17(28)22-11(3)19(30)31/h10-13,15H,4-9,20-21H2,1-3H3,(H,22,28)(H,23,29)(H,24,27)(H,25,26)(H,30,31). The molecule has 0 aliphatic carbocycles. The minimum absolute atomic E-state index is 0.0925. The van der Waals surface area contributed by atoms with Crippen molar-refractivity contribution in [2.45, 2.75) is 77.0 Å². The van der Waals surface area contributed by atoms with E-state index >= 15 is 0 Å². The molecule has 31 heavy (non-hydrogen) atoms. The van der Waals surface area contributed by atoms with Crippen LogP contribution in [0.25, 0.3) is 0 Å². The Morgan fingerprint density at radius 3 is 1.94 bits per heavy atom. The number of nitrogens with two attached hydrogens (primary N) is 2. The van der Waals surface area contributed by atoms with E-state index in [0.717, 1.165) is 0 Å². The lowest BCUT2D eigenvalue weighted by molar-refractivity contribution is -0.142. The largest absolute Gasteiger partial charge is 0.481 e. The number of aliphatic carboxylic acids is 2. The highest BCUT2D eigenvalue weighted by molar-refractivity contribution is 5.94. The summed E-state index contributed by atoms with van der Waals surface area (Å²) in [5.74, 6) is -4.65. The smallest absolute Gasteiger partial charge is 0.325 e. The Morgan fingerprint density at radius 1 is 0.839 bits per heavy atom. The molecular weight excluding hydrogens is 410 g/mol.